The van der Waals surface area contributed by atoms with Crippen molar-refractivity contribution in [2.24, 2.45) is 0 Å². The Morgan fingerprint density at radius 3 is 2.93 bits per heavy atom. The van der Waals surface area contributed by atoms with Crippen LogP contribution < -0.4 is 5.32 Å². The molecular weight excluding hydrogens is 174 g/mol. The van der Waals surface area contributed by atoms with E-state index in [1.807, 2.05) is 12.1 Å². The van der Waals surface area contributed by atoms with Crippen LogP contribution in [0.5, 0.6) is 0 Å². The summed E-state index contributed by atoms with van der Waals surface area (Å²) >= 11 is 0. The van der Waals surface area contributed by atoms with Crippen LogP contribution in [0.3, 0.4) is 0 Å². The standard InChI is InChI=1S/C12H13NO/c14-12-11-3-1-2-9(8-4-5-8)10(11)6-7-13-12/h1-3,8H,4-7H2,(H,13,14). The Morgan fingerprint density at radius 1 is 1.29 bits per heavy atom. The van der Waals surface area contributed by atoms with Crippen molar-refractivity contribution in [1.29, 1.82) is 0 Å². The van der Waals surface area contributed by atoms with E-state index in [0.29, 0.717) is 0 Å². The molecule has 0 radical (unpaired) electrons. The number of carbonyl (C=O) groups is 1. The molecule has 1 aromatic carbocycles. The van der Waals surface area contributed by atoms with Crippen molar-refractivity contribution in [1.82, 2.24) is 5.32 Å². The van der Waals surface area contributed by atoms with Gasteiger partial charge in [0.05, 0.1) is 0 Å². The molecule has 1 aromatic rings. The molecule has 3 rings (SSSR count). The maximum absolute atomic E-state index is 11.6. The molecule has 1 saturated carbocycles. The van der Waals surface area contributed by atoms with Gasteiger partial charge in [0.25, 0.3) is 5.91 Å². The van der Waals surface area contributed by atoms with Crippen LogP contribution in [-0.4, -0.2) is 12.5 Å². The molecule has 0 aromatic heterocycles. The van der Waals surface area contributed by atoms with Crippen LogP contribution in [0.2, 0.25) is 0 Å². The fourth-order valence-corrected chi connectivity index (χ4v) is 2.27. The zero-order chi connectivity index (χ0) is 9.54. The van der Waals surface area contributed by atoms with Gasteiger partial charge in [-0.05, 0) is 42.4 Å². The van der Waals surface area contributed by atoms with Crippen molar-refractivity contribution < 1.29 is 4.79 Å². The third-order valence-electron chi connectivity index (χ3n) is 3.13. The molecule has 1 fully saturated rings. The minimum Gasteiger partial charge on any atom is -0.352 e. The highest BCUT2D eigenvalue weighted by atomic mass is 16.1. The Balaban J connectivity index is 2.13. The van der Waals surface area contributed by atoms with Gasteiger partial charge < -0.3 is 5.32 Å². The molecule has 1 amide bonds. The first kappa shape index (κ1) is 8.04. The van der Waals surface area contributed by atoms with E-state index in [1.165, 1.54) is 24.0 Å². The number of hydrogen-bond acceptors (Lipinski definition) is 1. The lowest BCUT2D eigenvalue weighted by atomic mass is 9.93. The van der Waals surface area contributed by atoms with E-state index in [2.05, 4.69) is 11.4 Å². The van der Waals surface area contributed by atoms with Crippen molar-refractivity contribution in [3.8, 4) is 0 Å². The minimum atomic E-state index is 0.105. The molecule has 72 valence electrons. The lowest BCUT2D eigenvalue weighted by Crippen LogP contribution is -2.32. The number of fused-ring (bicyclic) bond motifs is 1. The Bertz CT molecular complexity index is 393. The van der Waals surface area contributed by atoms with Crippen molar-refractivity contribution in [2.75, 3.05) is 6.54 Å². The summed E-state index contributed by atoms with van der Waals surface area (Å²) in [6, 6.07) is 6.14. The van der Waals surface area contributed by atoms with Crippen LogP contribution in [0.1, 0.15) is 40.2 Å². The SMILES string of the molecule is O=C1NCCc2c1cccc2C1CC1. The first-order chi connectivity index (χ1) is 6.86. The Hall–Kier alpha value is -1.31. The van der Waals surface area contributed by atoms with Gasteiger partial charge >= 0.3 is 0 Å². The summed E-state index contributed by atoms with van der Waals surface area (Å²) in [4.78, 5) is 11.6. The second-order valence-corrected chi connectivity index (χ2v) is 4.15. The highest BCUT2D eigenvalue weighted by molar-refractivity contribution is 5.97. The maximum Gasteiger partial charge on any atom is 0.251 e. The predicted molar refractivity (Wildman–Crippen MR) is 54.5 cm³/mol. The van der Waals surface area contributed by atoms with Gasteiger partial charge in [-0.25, -0.2) is 0 Å². The van der Waals surface area contributed by atoms with Crippen LogP contribution in [0.15, 0.2) is 18.2 Å². The van der Waals surface area contributed by atoms with Gasteiger partial charge in [0.1, 0.15) is 0 Å². The number of nitrogens with one attached hydrogen (secondary N) is 1. The van der Waals surface area contributed by atoms with Crippen molar-refractivity contribution in [3.05, 3.63) is 34.9 Å². The van der Waals surface area contributed by atoms with E-state index in [0.717, 1.165) is 24.4 Å². The number of rotatable bonds is 1. The maximum atomic E-state index is 11.6. The summed E-state index contributed by atoms with van der Waals surface area (Å²) in [6.45, 7) is 0.801. The Morgan fingerprint density at radius 2 is 2.14 bits per heavy atom. The van der Waals surface area contributed by atoms with Crippen LogP contribution in [0.4, 0.5) is 0 Å². The monoisotopic (exact) mass is 187 g/mol. The molecule has 0 unspecified atom stereocenters. The molecule has 1 heterocycles. The predicted octanol–water partition coefficient (Wildman–Crippen LogP) is 1.85. The lowest BCUT2D eigenvalue weighted by Gasteiger charge is -2.19. The van der Waals surface area contributed by atoms with Gasteiger partial charge in [-0.1, -0.05) is 12.1 Å². The van der Waals surface area contributed by atoms with Crippen LogP contribution in [0.25, 0.3) is 0 Å². The molecule has 2 nitrogen and oxygen atoms in total. The fourth-order valence-electron chi connectivity index (χ4n) is 2.27. The van der Waals surface area contributed by atoms with Gasteiger partial charge in [0, 0.05) is 12.1 Å². The van der Waals surface area contributed by atoms with Crippen LogP contribution >= 0.6 is 0 Å². The van der Waals surface area contributed by atoms with Gasteiger partial charge in [-0.15, -0.1) is 0 Å². The van der Waals surface area contributed by atoms with Crippen LogP contribution in [0, 0.1) is 0 Å². The summed E-state index contributed by atoms with van der Waals surface area (Å²) < 4.78 is 0. The quantitative estimate of drug-likeness (QED) is 0.714. The fraction of sp³-hybridized carbons (Fsp3) is 0.417. The smallest absolute Gasteiger partial charge is 0.251 e. The van der Waals surface area contributed by atoms with Crippen LogP contribution in [-0.2, 0) is 6.42 Å². The summed E-state index contributed by atoms with van der Waals surface area (Å²) in [5.74, 6) is 0.851. The van der Waals surface area contributed by atoms with E-state index in [-0.39, 0.29) is 5.91 Å². The molecule has 2 heteroatoms. The molecule has 0 spiro atoms. The third kappa shape index (κ3) is 1.14. The third-order valence-corrected chi connectivity index (χ3v) is 3.13. The number of benzene rings is 1. The molecular formula is C12H13NO. The largest absolute Gasteiger partial charge is 0.352 e. The molecule has 0 saturated heterocycles. The topological polar surface area (TPSA) is 29.1 Å². The lowest BCUT2D eigenvalue weighted by molar-refractivity contribution is 0.0946. The zero-order valence-corrected chi connectivity index (χ0v) is 8.05. The summed E-state index contributed by atoms with van der Waals surface area (Å²) in [7, 11) is 0. The normalized spacial score (nSPS) is 20.1. The molecule has 1 aliphatic carbocycles. The van der Waals surface area contributed by atoms with E-state index < -0.39 is 0 Å². The van der Waals surface area contributed by atoms with Crippen molar-refractivity contribution in [3.63, 3.8) is 0 Å². The van der Waals surface area contributed by atoms with Gasteiger partial charge in [-0.2, -0.15) is 0 Å². The van der Waals surface area contributed by atoms with E-state index in [4.69, 9.17) is 0 Å². The summed E-state index contributed by atoms with van der Waals surface area (Å²) in [6.07, 6.45) is 3.61. The Labute approximate surface area is 83.3 Å². The minimum absolute atomic E-state index is 0.105. The van der Waals surface area contributed by atoms with E-state index in [9.17, 15) is 4.79 Å². The second kappa shape index (κ2) is 2.84. The first-order valence-electron chi connectivity index (χ1n) is 5.26. The van der Waals surface area contributed by atoms with Gasteiger partial charge in [0.2, 0.25) is 0 Å². The molecule has 0 atom stereocenters. The average Bonchev–Trinajstić information content (AvgIpc) is 3.01. The molecule has 2 aliphatic rings. The van der Waals surface area contributed by atoms with Gasteiger partial charge in [-0.3, -0.25) is 4.79 Å². The number of carbonyl (C=O) groups excluding carboxylic acids is 1. The van der Waals surface area contributed by atoms with Crippen molar-refractivity contribution in [2.45, 2.75) is 25.2 Å². The summed E-state index contributed by atoms with van der Waals surface area (Å²) in [5.41, 5.74) is 3.64. The number of hydrogen-bond donors (Lipinski definition) is 1. The molecule has 1 aliphatic heterocycles. The van der Waals surface area contributed by atoms with E-state index >= 15 is 0 Å². The summed E-state index contributed by atoms with van der Waals surface area (Å²) in [5, 5.41) is 2.89. The Kier molecular flexibility index (Phi) is 1.63. The molecule has 1 N–H and O–H groups in total. The highest BCUT2D eigenvalue weighted by Gasteiger charge is 2.29. The molecule has 0 bridgehead atoms. The van der Waals surface area contributed by atoms with Gasteiger partial charge in [0.15, 0.2) is 0 Å². The first-order valence-corrected chi connectivity index (χ1v) is 5.26. The average molecular weight is 187 g/mol. The zero-order valence-electron chi connectivity index (χ0n) is 8.05. The second-order valence-electron chi connectivity index (χ2n) is 4.15. The van der Waals surface area contributed by atoms with E-state index in [1.54, 1.807) is 0 Å². The number of amides is 1. The highest BCUT2D eigenvalue weighted by Crippen LogP contribution is 2.42. The van der Waals surface area contributed by atoms with Crippen molar-refractivity contribution >= 4 is 5.91 Å². The molecule has 14 heavy (non-hydrogen) atoms.